The summed E-state index contributed by atoms with van der Waals surface area (Å²) in [6.07, 6.45) is 0. The van der Waals surface area contributed by atoms with Crippen LogP contribution in [0.3, 0.4) is 0 Å². The van der Waals surface area contributed by atoms with E-state index in [2.05, 4.69) is 15.5 Å². The number of tetrazole rings is 1. The minimum absolute atomic E-state index is 0.146. The summed E-state index contributed by atoms with van der Waals surface area (Å²) < 4.78 is 6.61. The van der Waals surface area contributed by atoms with Crippen molar-refractivity contribution in [3.8, 4) is 11.4 Å². The molecule has 19 heavy (non-hydrogen) atoms. The van der Waals surface area contributed by atoms with Crippen LogP contribution in [0.2, 0.25) is 0 Å². The molecule has 0 fully saturated rings. The highest BCUT2D eigenvalue weighted by atomic mass is 32.2. The molecule has 0 saturated heterocycles. The summed E-state index contributed by atoms with van der Waals surface area (Å²) in [5.74, 6) is 5.60. The molecule has 1 amide bonds. The first-order chi connectivity index (χ1) is 9.24. The van der Waals surface area contributed by atoms with Crippen molar-refractivity contribution in [3.05, 3.63) is 24.3 Å². The third kappa shape index (κ3) is 3.20. The van der Waals surface area contributed by atoms with E-state index in [4.69, 9.17) is 10.6 Å². The lowest BCUT2D eigenvalue weighted by Gasteiger charge is -2.05. The average molecular weight is 280 g/mol. The third-order valence-corrected chi connectivity index (χ3v) is 3.17. The predicted molar refractivity (Wildman–Crippen MR) is 68.8 cm³/mol. The van der Waals surface area contributed by atoms with E-state index in [1.807, 2.05) is 17.6 Å². The second-order valence-electron chi connectivity index (χ2n) is 3.43. The van der Waals surface area contributed by atoms with E-state index in [1.165, 1.54) is 16.4 Å². The number of nitrogens with zero attached hydrogens (tertiary/aromatic N) is 4. The summed E-state index contributed by atoms with van der Waals surface area (Å²) in [7, 11) is 1.60. The smallest absolute Gasteiger partial charge is 0.244 e. The number of benzene rings is 1. The Morgan fingerprint density at radius 2 is 2.21 bits per heavy atom. The van der Waals surface area contributed by atoms with Crippen LogP contribution in [0.4, 0.5) is 0 Å². The fourth-order valence-corrected chi connectivity index (χ4v) is 2.03. The molecule has 0 aliphatic heterocycles. The van der Waals surface area contributed by atoms with Crippen molar-refractivity contribution < 1.29 is 9.53 Å². The van der Waals surface area contributed by atoms with E-state index in [1.54, 1.807) is 19.2 Å². The van der Waals surface area contributed by atoms with Crippen LogP contribution in [0.5, 0.6) is 5.75 Å². The molecule has 100 valence electrons. The number of amides is 1. The molecular weight excluding hydrogens is 268 g/mol. The molecule has 0 bridgehead atoms. The van der Waals surface area contributed by atoms with Crippen molar-refractivity contribution in [1.29, 1.82) is 0 Å². The highest BCUT2D eigenvalue weighted by Crippen LogP contribution is 2.19. The van der Waals surface area contributed by atoms with Gasteiger partial charge in [0.2, 0.25) is 11.1 Å². The SMILES string of the molecule is COc1ccc(-n2nnnc2SCC(=O)NN)cc1. The molecule has 0 atom stereocenters. The van der Waals surface area contributed by atoms with Gasteiger partial charge in [0.1, 0.15) is 5.75 Å². The van der Waals surface area contributed by atoms with Gasteiger partial charge in [-0.2, -0.15) is 4.68 Å². The number of nitrogens with one attached hydrogen (secondary N) is 1. The lowest BCUT2D eigenvalue weighted by molar-refractivity contribution is -0.118. The molecular formula is C10H12N6O2S. The molecule has 0 aliphatic rings. The highest BCUT2D eigenvalue weighted by Gasteiger charge is 2.10. The summed E-state index contributed by atoms with van der Waals surface area (Å²) >= 11 is 1.19. The number of aromatic nitrogens is 4. The fourth-order valence-electron chi connectivity index (χ4n) is 1.33. The molecule has 0 aliphatic carbocycles. The summed E-state index contributed by atoms with van der Waals surface area (Å²) in [5, 5.41) is 11.8. The van der Waals surface area contributed by atoms with Gasteiger partial charge in [-0.25, -0.2) is 5.84 Å². The molecule has 8 nitrogen and oxygen atoms in total. The molecule has 2 rings (SSSR count). The van der Waals surface area contributed by atoms with E-state index >= 15 is 0 Å². The lowest BCUT2D eigenvalue weighted by Crippen LogP contribution is -2.31. The Morgan fingerprint density at radius 1 is 1.47 bits per heavy atom. The van der Waals surface area contributed by atoms with E-state index in [-0.39, 0.29) is 11.7 Å². The molecule has 1 heterocycles. The first-order valence-electron chi connectivity index (χ1n) is 5.29. The van der Waals surface area contributed by atoms with Gasteiger partial charge < -0.3 is 4.74 Å². The van der Waals surface area contributed by atoms with Crippen LogP contribution in [0.15, 0.2) is 29.4 Å². The normalized spacial score (nSPS) is 10.2. The van der Waals surface area contributed by atoms with Gasteiger partial charge in [0.05, 0.1) is 18.6 Å². The Kier molecular flexibility index (Phi) is 4.31. The monoisotopic (exact) mass is 280 g/mol. The molecule has 3 N–H and O–H groups in total. The third-order valence-electron chi connectivity index (χ3n) is 2.25. The Hall–Kier alpha value is -2.13. The van der Waals surface area contributed by atoms with E-state index < -0.39 is 0 Å². The van der Waals surface area contributed by atoms with Crippen molar-refractivity contribution in [2.24, 2.45) is 5.84 Å². The molecule has 0 radical (unpaired) electrons. The van der Waals surface area contributed by atoms with Gasteiger partial charge in [-0.3, -0.25) is 10.2 Å². The topological polar surface area (TPSA) is 108 Å². The van der Waals surface area contributed by atoms with Gasteiger partial charge in [0.15, 0.2) is 0 Å². The van der Waals surface area contributed by atoms with Crippen LogP contribution in [-0.4, -0.2) is 39.0 Å². The number of thioether (sulfide) groups is 1. The second-order valence-corrected chi connectivity index (χ2v) is 4.37. The van der Waals surface area contributed by atoms with Crippen molar-refractivity contribution in [2.75, 3.05) is 12.9 Å². The van der Waals surface area contributed by atoms with Gasteiger partial charge in [0, 0.05) is 0 Å². The largest absolute Gasteiger partial charge is 0.497 e. The lowest BCUT2D eigenvalue weighted by atomic mass is 10.3. The Labute approximate surface area is 113 Å². The van der Waals surface area contributed by atoms with Crippen molar-refractivity contribution >= 4 is 17.7 Å². The van der Waals surface area contributed by atoms with Gasteiger partial charge in [-0.05, 0) is 34.7 Å². The summed E-state index contributed by atoms with van der Waals surface area (Å²) in [6, 6.07) is 7.25. The molecule has 0 unspecified atom stereocenters. The van der Waals surface area contributed by atoms with Crippen LogP contribution in [0.1, 0.15) is 0 Å². The van der Waals surface area contributed by atoms with E-state index in [9.17, 15) is 4.79 Å². The zero-order chi connectivity index (χ0) is 13.7. The Morgan fingerprint density at radius 3 is 2.84 bits per heavy atom. The van der Waals surface area contributed by atoms with Crippen LogP contribution < -0.4 is 16.0 Å². The number of carbonyl (C=O) groups is 1. The Bertz CT molecular complexity index is 555. The quantitative estimate of drug-likeness (QED) is 0.336. The summed E-state index contributed by atoms with van der Waals surface area (Å²) in [5.41, 5.74) is 2.83. The number of methoxy groups -OCH3 is 1. The van der Waals surface area contributed by atoms with Crippen molar-refractivity contribution in [1.82, 2.24) is 25.6 Å². The fraction of sp³-hybridized carbons (Fsp3) is 0.200. The Balaban J connectivity index is 2.15. The number of hydrogen-bond acceptors (Lipinski definition) is 7. The van der Waals surface area contributed by atoms with Crippen LogP contribution in [-0.2, 0) is 4.79 Å². The number of hydrogen-bond donors (Lipinski definition) is 2. The maximum atomic E-state index is 11.1. The van der Waals surface area contributed by atoms with Crippen molar-refractivity contribution in [3.63, 3.8) is 0 Å². The standard InChI is InChI=1S/C10H12N6O2S/c1-18-8-4-2-7(3-5-8)16-10(13-14-15-16)19-6-9(17)12-11/h2-5H,6,11H2,1H3,(H,12,17). The van der Waals surface area contributed by atoms with Crippen LogP contribution >= 0.6 is 11.8 Å². The molecule has 1 aromatic carbocycles. The zero-order valence-electron chi connectivity index (χ0n) is 10.1. The molecule has 0 spiro atoms. The van der Waals surface area contributed by atoms with Crippen molar-refractivity contribution in [2.45, 2.75) is 5.16 Å². The predicted octanol–water partition coefficient (Wildman–Crippen LogP) is -0.247. The molecule has 2 aromatic rings. The maximum Gasteiger partial charge on any atom is 0.244 e. The number of ether oxygens (including phenoxy) is 1. The number of rotatable bonds is 5. The van der Waals surface area contributed by atoms with Crippen LogP contribution in [0.25, 0.3) is 5.69 Å². The first kappa shape index (κ1) is 13.3. The first-order valence-corrected chi connectivity index (χ1v) is 6.28. The van der Waals surface area contributed by atoms with Gasteiger partial charge in [-0.1, -0.05) is 11.8 Å². The summed E-state index contributed by atoms with van der Waals surface area (Å²) in [6.45, 7) is 0. The zero-order valence-corrected chi connectivity index (χ0v) is 10.9. The molecule has 9 heteroatoms. The minimum atomic E-state index is -0.297. The number of nitrogens with two attached hydrogens (primary N) is 1. The van der Waals surface area contributed by atoms with E-state index in [0.29, 0.717) is 5.16 Å². The van der Waals surface area contributed by atoms with Gasteiger partial charge in [-0.15, -0.1) is 5.10 Å². The summed E-state index contributed by atoms with van der Waals surface area (Å²) in [4.78, 5) is 11.1. The van der Waals surface area contributed by atoms with Gasteiger partial charge in [0.25, 0.3) is 0 Å². The second kappa shape index (κ2) is 6.16. The number of hydrazine groups is 1. The van der Waals surface area contributed by atoms with Crippen LogP contribution in [0, 0.1) is 0 Å². The molecule has 0 saturated carbocycles. The minimum Gasteiger partial charge on any atom is -0.497 e. The average Bonchev–Trinajstić information content (AvgIpc) is 2.93. The van der Waals surface area contributed by atoms with E-state index in [0.717, 1.165) is 11.4 Å². The van der Waals surface area contributed by atoms with Gasteiger partial charge >= 0.3 is 0 Å². The molecule has 1 aromatic heterocycles. The maximum absolute atomic E-state index is 11.1. The highest BCUT2D eigenvalue weighted by molar-refractivity contribution is 7.99. The number of carbonyl (C=O) groups excluding carboxylic acids is 1.